The lowest BCUT2D eigenvalue weighted by molar-refractivity contribution is 1.54. The molecule has 1 N–H and O–H groups in total. The van der Waals surface area contributed by atoms with Crippen LogP contribution in [0.1, 0.15) is 0 Å². The maximum Gasteiger partial charge on any atom is 0.0465 e. The molecule has 0 radical (unpaired) electrons. The fourth-order valence-electron chi connectivity index (χ4n) is 5.68. The van der Waals surface area contributed by atoms with Gasteiger partial charge in [0.05, 0.1) is 0 Å². The zero-order chi connectivity index (χ0) is 23.6. The Balaban J connectivity index is 1.35. The summed E-state index contributed by atoms with van der Waals surface area (Å²) in [6.45, 7) is 0. The van der Waals surface area contributed by atoms with E-state index >= 15 is 0 Å². The number of aromatic amines is 1. The number of thiophene rings is 1. The largest absolute Gasteiger partial charge is 0.355 e. The highest BCUT2D eigenvalue weighted by Crippen LogP contribution is 2.41. The van der Waals surface area contributed by atoms with Gasteiger partial charge < -0.3 is 4.98 Å². The van der Waals surface area contributed by atoms with Crippen molar-refractivity contribution in [2.75, 3.05) is 0 Å². The van der Waals surface area contributed by atoms with Crippen LogP contribution in [0.15, 0.2) is 121 Å². The SMILES string of the molecule is c1ccc2c(-c3ccc4[nH]c5ccc(-c6cccc7c6sc6ccccc67)cc5c4c3)cccc2c1. The van der Waals surface area contributed by atoms with E-state index in [0.717, 1.165) is 0 Å². The van der Waals surface area contributed by atoms with Gasteiger partial charge in [-0.05, 0) is 63.4 Å². The summed E-state index contributed by atoms with van der Waals surface area (Å²) < 4.78 is 2.70. The van der Waals surface area contributed by atoms with E-state index in [4.69, 9.17) is 0 Å². The van der Waals surface area contributed by atoms with E-state index in [0.29, 0.717) is 0 Å². The lowest BCUT2D eigenvalue weighted by Crippen LogP contribution is -1.81. The molecule has 0 amide bonds. The molecule has 8 aromatic rings. The van der Waals surface area contributed by atoms with Crippen molar-refractivity contribution in [1.82, 2.24) is 4.98 Å². The van der Waals surface area contributed by atoms with Crippen LogP contribution >= 0.6 is 11.3 Å². The van der Waals surface area contributed by atoms with Crippen LogP contribution in [0, 0.1) is 0 Å². The first kappa shape index (κ1) is 19.9. The number of benzene rings is 6. The normalized spacial score (nSPS) is 11.9. The first-order valence-corrected chi connectivity index (χ1v) is 13.1. The second-order valence-electron chi connectivity index (χ2n) is 9.45. The molecular weight excluding hydrogens is 454 g/mol. The lowest BCUT2D eigenvalue weighted by atomic mass is 9.96. The summed E-state index contributed by atoms with van der Waals surface area (Å²) in [5.41, 5.74) is 7.43. The van der Waals surface area contributed by atoms with E-state index in [2.05, 4.69) is 126 Å². The van der Waals surface area contributed by atoms with Crippen LogP contribution in [-0.2, 0) is 0 Å². The third-order valence-corrected chi connectivity index (χ3v) is 8.63. The predicted molar refractivity (Wildman–Crippen MR) is 157 cm³/mol. The Bertz CT molecular complexity index is 2100. The van der Waals surface area contributed by atoms with Gasteiger partial charge in [-0.3, -0.25) is 0 Å². The molecule has 0 bridgehead atoms. The van der Waals surface area contributed by atoms with Crippen LogP contribution in [0.5, 0.6) is 0 Å². The van der Waals surface area contributed by atoms with E-state index < -0.39 is 0 Å². The van der Waals surface area contributed by atoms with Crippen molar-refractivity contribution in [2.45, 2.75) is 0 Å². The molecule has 0 atom stereocenters. The first-order valence-electron chi connectivity index (χ1n) is 12.3. The molecule has 1 nitrogen and oxygen atoms in total. The van der Waals surface area contributed by atoms with Gasteiger partial charge in [0.2, 0.25) is 0 Å². The molecule has 0 spiro atoms. The molecule has 2 heteroatoms. The van der Waals surface area contributed by atoms with E-state index in [1.165, 1.54) is 75.0 Å². The number of hydrogen-bond acceptors (Lipinski definition) is 1. The van der Waals surface area contributed by atoms with Crippen molar-refractivity contribution >= 4 is 64.1 Å². The smallest absolute Gasteiger partial charge is 0.0465 e. The number of fused-ring (bicyclic) bond motifs is 7. The van der Waals surface area contributed by atoms with Crippen LogP contribution in [0.2, 0.25) is 0 Å². The first-order chi connectivity index (χ1) is 17.8. The van der Waals surface area contributed by atoms with Crippen LogP contribution in [0.3, 0.4) is 0 Å². The fourth-order valence-corrected chi connectivity index (χ4v) is 6.92. The zero-order valence-electron chi connectivity index (χ0n) is 19.5. The van der Waals surface area contributed by atoms with E-state index in [9.17, 15) is 0 Å². The van der Waals surface area contributed by atoms with Gasteiger partial charge >= 0.3 is 0 Å². The number of H-pyrrole nitrogens is 1. The molecular formula is C34H21NS. The summed E-state index contributed by atoms with van der Waals surface area (Å²) in [4.78, 5) is 3.63. The molecule has 2 heterocycles. The third-order valence-electron chi connectivity index (χ3n) is 7.41. The van der Waals surface area contributed by atoms with Crippen LogP contribution in [0.4, 0.5) is 0 Å². The molecule has 0 aliphatic carbocycles. The maximum absolute atomic E-state index is 3.63. The van der Waals surface area contributed by atoms with Crippen LogP contribution < -0.4 is 0 Å². The Morgan fingerprint density at radius 2 is 1.06 bits per heavy atom. The molecule has 0 fully saturated rings. The predicted octanol–water partition coefficient (Wildman–Crippen LogP) is 10.2. The van der Waals surface area contributed by atoms with Crippen LogP contribution in [-0.4, -0.2) is 4.98 Å². The second-order valence-corrected chi connectivity index (χ2v) is 10.5. The number of hydrogen-bond donors (Lipinski definition) is 1. The molecule has 0 aliphatic rings. The van der Waals surface area contributed by atoms with Crippen molar-refractivity contribution in [3.63, 3.8) is 0 Å². The van der Waals surface area contributed by atoms with Crippen molar-refractivity contribution in [1.29, 1.82) is 0 Å². The van der Waals surface area contributed by atoms with E-state index in [1.54, 1.807) is 0 Å². The van der Waals surface area contributed by atoms with Gasteiger partial charge in [-0.1, -0.05) is 91.0 Å². The fraction of sp³-hybridized carbons (Fsp3) is 0. The summed E-state index contributed by atoms with van der Waals surface area (Å²) in [5.74, 6) is 0. The zero-order valence-corrected chi connectivity index (χ0v) is 20.3. The van der Waals surface area contributed by atoms with Crippen molar-refractivity contribution in [2.24, 2.45) is 0 Å². The molecule has 0 aliphatic heterocycles. The van der Waals surface area contributed by atoms with Gasteiger partial charge in [0.15, 0.2) is 0 Å². The number of nitrogens with one attached hydrogen (secondary N) is 1. The van der Waals surface area contributed by atoms with Gasteiger partial charge in [0.25, 0.3) is 0 Å². The molecule has 6 aromatic carbocycles. The minimum atomic E-state index is 1.17. The van der Waals surface area contributed by atoms with Crippen molar-refractivity contribution in [3.8, 4) is 22.3 Å². The molecule has 168 valence electrons. The number of aromatic nitrogens is 1. The summed E-state index contributed by atoms with van der Waals surface area (Å²) in [6.07, 6.45) is 0. The Labute approximate surface area is 212 Å². The standard InChI is InChI=1S/C34H21NS/c1-2-9-24-21(7-1)8-5-11-25(24)22-15-17-31-29(19-22)30-20-23(16-18-32(30)35-31)26-12-6-13-28-27-10-3-4-14-33(27)36-34(26)28/h1-20,35H. The highest BCUT2D eigenvalue weighted by molar-refractivity contribution is 7.26. The minimum absolute atomic E-state index is 1.17. The summed E-state index contributed by atoms with van der Waals surface area (Å²) >= 11 is 1.89. The van der Waals surface area contributed by atoms with Crippen molar-refractivity contribution < 1.29 is 0 Å². The molecule has 0 saturated carbocycles. The Hall–Kier alpha value is -4.40. The molecule has 8 rings (SSSR count). The highest BCUT2D eigenvalue weighted by Gasteiger charge is 2.13. The van der Waals surface area contributed by atoms with Gasteiger partial charge in [-0.25, -0.2) is 0 Å². The summed E-state index contributed by atoms with van der Waals surface area (Å²) in [5, 5.41) is 7.77. The van der Waals surface area contributed by atoms with Gasteiger partial charge in [-0.15, -0.1) is 11.3 Å². The Morgan fingerprint density at radius 3 is 1.89 bits per heavy atom. The summed E-state index contributed by atoms with van der Waals surface area (Å²) in [6, 6.07) is 44.3. The van der Waals surface area contributed by atoms with E-state index in [1.807, 2.05) is 11.3 Å². The average molecular weight is 476 g/mol. The minimum Gasteiger partial charge on any atom is -0.355 e. The molecule has 2 aromatic heterocycles. The topological polar surface area (TPSA) is 15.8 Å². The lowest BCUT2D eigenvalue weighted by Gasteiger charge is -2.07. The molecule has 0 saturated heterocycles. The van der Waals surface area contributed by atoms with Gasteiger partial charge in [0, 0.05) is 42.0 Å². The molecule has 36 heavy (non-hydrogen) atoms. The van der Waals surface area contributed by atoms with Gasteiger partial charge in [-0.2, -0.15) is 0 Å². The second kappa shape index (κ2) is 7.55. The third kappa shape index (κ3) is 2.89. The molecule has 0 unspecified atom stereocenters. The van der Waals surface area contributed by atoms with Crippen molar-refractivity contribution in [3.05, 3.63) is 121 Å². The monoisotopic (exact) mass is 475 g/mol. The average Bonchev–Trinajstić information content (AvgIpc) is 3.50. The highest BCUT2D eigenvalue weighted by atomic mass is 32.1. The van der Waals surface area contributed by atoms with Crippen LogP contribution in [0.25, 0.3) is 75.0 Å². The van der Waals surface area contributed by atoms with Gasteiger partial charge in [0.1, 0.15) is 0 Å². The maximum atomic E-state index is 3.63. The Morgan fingerprint density at radius 1 is 0.444 bits per heavy atom. The van der Waals surface area contributed by atoms with E-state index in [-0.39, 0.29) is 0 Å². The number of rotatable bonds is 2. The quantitative estimate of drug-likeness (QED) is 0.256. The summed E-state index contributed by atoms with van der Waals surface area (Å²) in [7, 11) is 0. The Kier molecular flexibility index (Phi) is 4.16.